The number of rotatable bonds is 8. The van der Waals surface area contributed by atoms with Gasteiger partial charge >= 0.3 is 0 Å². The molecule has 0 bridgehead atoms. The second kappa shape index (κ2) is 11.4. The summed E-state index contributed by atoms with van der Waals surface area (Å²) in [6, 6.07) is 11.6. The number of aliphatic hydroxyl groups is 1. The van der Waals surface area contributed by atoms with Crippen LogP contribution in [0.15, 0.2) is 57.9 Å². The van der Waals surface area contributed by atoms with Crippen LogP contribution in [-0.4, -0.2) is 70.1 Å². The number of β-amino-alcohol motifs (C(OH)–C–C–N with tert-alkyl or cyclic N) is 1. The van der Waals surface area contributed by atoms with Gasteiger partial charge in [-0.25, -0.2) is 9.37 Å². The molecule has 4 aromatic rings. The smallest absolute Gasteiger partial charge is 0.261 e. The first kappa shape index (κ1) is 26.6. The Morgan fingerprint density at radius 2 is 1.92 bits per heavy atom. The number of carbonyl (C=O) groups excluding carboxylic acids is 1. The van der Waals surface area contributed by atoms with E-state index in [4.69, 9.17) is 9.40 Å². The average molecular weight is 534 g/mol. The van der Waals surface area contributed by atoms with Crippen molar-refractivity contribution in [1.82, 2.24) is 19.8 Å². The zero-order valence-corrected chi connectivity index (χ0v) is 22.1. The number of aromatic amines is 1. The molecular formula is C29H32FN5O4. The van der Waals surface area contributed by atoms with E-state index in [-0.39, 0.29) is 31.1 Å². The summed E-state index contributed by atoms with van der Waals surface area (Å²) in [5.41, 5.74) is 2.44. The molecule has 0 unspecified atom stereocenters. The van der Waals surface area contributed by atoms with Gasteiger partial charge in [-0.1, -0.05) is 0 Å². The molecule has 0 saturated carbocycles. The SMILES string of the molecule is Cc1cc(C(=O)N(Cc2ccco2)Cc2cc3ccc(F)cc3nc2N2CCN(CCO)CC2)c(=O)[nH]c1C. The number of halogens is 1. The molecule has 1 aliphatic rings. The fraction of sp³-hybridized carbons (Fsp3) is 0.345. The van der Waals surface area contributed by atoms with E-state index in [1.165, 1.54) is 12.1 Å². The van der Waals surface area contributed by atoms with Crippen molar-refractivity contribution in [3.63, 3.8) is 0 Å². The van der Waals surface area contributed by atoms with E-state index in [1.54, 1.807) is 42.4 Å². The van der Waals surface area contributed by atoms with Gasteiger partial charge in [0.25, 0.3) is 11.5 Å². The number of aryl methyl sites for hydroxylation is 2. The van der Waals surface area contributed by atoms with Gasteiger partial charge in [-0.2, -0.15) is 0 Å². The van der Waals surface area contributed by atoms with Crippen molar-refractivity contribution in [2.75, 3.05) is 44.2 Å². The standard InChI is InChI=1S/C29H32FN5O4/c1-19-14-25(28(37)31-20(19)2)29(38)35(18-24-4-3-13-39-24)17-22-15-21-5-6-23(30)16-26(21)32-27(22)34-9-7-33(8-10-34)11-12-36/h3-6,13-16,36H,7-12,17-18H2,1-2H3,(H,31,37). The Morgan fingerprint density at radius 1 is 1.13 bits per heavy atom. The summed E-state index contributed by atoms with van der Waals surface area (Å²) >= 11 is 0. The van der Waals surface area contributed by atoms with Crippen molar-refractivity contribution < 1.29 is 18.7 Å². The Morgan fingerprint density at radius 3 is 2.64 bits per heavy atom. The van der Waals surface area contributed by atoms with Crippen LogP contribution in [0, 0.1) is 19.7 Å². The summed E-state index contributed by atoms with van der Waals surface area (Å²) in [5, 5.41) is 10.1. The lowest BCUT2D eigenvalue weighted by Crippen LogP contribution is -2.48. The Bertz CT molecular complexity index is 1530. The van der Waals surface area contributed by atoms with E-state index in [0.29, 0.717) is 42.4 Å². The monoisotopic (exact) mass is 533 g/mol. The Hall–Kier alpha value is -4.02. The number of hydrogen-bond donors (Lipinski definition) is 2. The van der Waals surface area contributed by atoms with Gasteiger partial charge in [0, 0.05) is 55.4 Å². The largest absolute Gasteiger partial charge is 0.467 e. The average Bonchev–Trinajstić information content (AvgIpc) is 3.44. The molecule has 0 radical (unpaired) electrons. The van der Waals surface area contributed by atoms with Crippen LogP contribution in [-0.2, 0) is 13.1 Å². The summed E-state index contributed by atoms with van der Waals surface area (Å²) in [7, 11) is 0. The topological polar surface area (TPSA) is 106 Å². The molecule has 1 aliphatic heterocycles. The third-order valence-electron chi connectivity index (χ3n) is 7.23. The minimum absolute atomic E-state index is 0.0552. The molecule has 9 nitrogen and oxygen atoms in total. The number of aliphatic hydroxyl groups excluding tert-OH is 1. The fourth-order valence-electron chi connectivity index (χ4n) is 4.94. The number of aromatic nitrogens is 2. The van der Waals surface area contributed by atoms with Crippen LogP contribution in [0.3, 0.4) is 0 Å². The highest BCUT2D eigenvalue weighted by Crippen LogP contribution is 2.28. The molecule has 0 spiro atoms. The number of carbonyl (C=O) groups is 1. The highest BCUT2D eigenvalue weighted by Gasteiger charge is 2.26. The maximum Gasteiger partial charge on any atom is 0.261 e. The zero-order chi connectivity index (χ0) is 27.5. The number of benzene rings is 1. The van der Waals surface area contributed by atoms with Crippen LogP contribution >= 0.6 is 0 Å². The first-order chi connectivity index (χ1) is 18.8. The molecule has 0 atom stereocenters. The molecule has 4 heterocycles. The van der Waals surface area contributed by atoms with E-state index in [0.717, 1.165) is 29.6 Å². The molecule has 1 amide bonds. The number of pyridine rings is 2. The number of hydrogen-bond acceptors (Lipinski definition) is 7. The molecular weight excluding hydrogens is 501 g/mol. The van der Waals surface area contributed by atoms with Crippen molar-refractivity contribution in [1.29, 1.82) is 0 Å². The predicted molar refractivity (Wildman–Crippen MR) is 146 cm³/mol. The minimum Gasteiger partial charge on any atom is -0.467 e. The Labute approximate surface area is 225 Å². The Balaban J connectivity index is 1.54. The third-order valence-corrected chi connectivity index (χ3v) is 7.23. The second-order valence-electron chi connectivity index (χ2n) is 9.92. The molecule has 2 N–H and O–H groups in total. The zero-order valence-electron chi connectivity index (χ0n) is 22.1. The molecule has 204 valence electrons. The van der Waals surface area contributed by atoms with Gasteiger partial charge in [0.05, 0.1) is 31.5 Å². The quantitative estimate of drug-likeness (QED) is 0.358. The summed E-state index contributed by atoms with van der Waals surface area (Å²) in [5.74, 6) is 0.459. The van der Waals surface area contributed by atoms with Gasteiger partial charge in [0.1, 0.15) is 23.0 Å². The number of anilines is 1. The van der Waals surface area contributed by atoms with Gasteiger partial charge in [-0.15, -0.1) is 0 Å². The minimum atomic E-state index is -0.445. The van der Waals surface area contributed by atoms with Crippen molar-refractivity contribution in [3.8, 4) is 0 Å². The van der Waals surface area contributed by atoms with Crippen LogP contribution in [0.1, 0.15) is 32.9 Å². The van der Waals surface area contributed by atoms with Crippen molar-refractivity contribution in [2.45, 2.75) is 26.9 Å². The van der Waals surface area contributed by atoms with Crippen molar-refractivity contribution >= 4 is 22.6 Å². The molecule has 3 aromatic heterocycles. The molecule has 5 rings (SSSR count). The normalized spacial score (nSPS) is 14.2. The number of nitrogens with one attached hydrogen (secondary N) is 1. The highest BCUT2D eigenvalue weighted by molar-refractivity contribution is 5.94. The Kier molecular flexibility index (Phi) is 7.76. The van der Waals surface area contributed by atoms with Gasteiger partial charge < -0.3 is 24.3 Å². The van der Waals surface area contributed by atoms with E-state index >= 15 is 0 Å². The van der Waals surface area contributed by atoms with Crippen LogP contribution in [0.2, 0.25) is 0 Å². The second-order valence-corrected chi connectivity index (χ2v) is 9.92. The first-order valence-corrected chi connectivity index (χ1v) is 13.0. The fourth-order valence-corrected chi connectivity index (χ4v) is 4.94. The van der Waals surface area contributed by atoms with Crippen LogP contribution in [0.5, 0.6) is 0 Å². The lowest BCUT2D eigenvalue weighted by atomic mass is 10.1. The van der Waals surface area contributed by atoms with Gasteiger partial charge in [-0.3, -0.25) is 14.5 Å². The van der Waals surface area contributed by atoms with Gasteiger partial charge in [0.2, 0.25) is 0 Å². The van der Waals surface area contributed by atoms with Crippen LogP contribution in [0.4, 0.5) is 10.2 Å². The lowest BCUT2D eigenvalue weighted by molar-refractivity contribution is 0.0716. The molecule has 39 heavy (non-hydrogen) atoms. The summed E-state index contributed by atoms with van der Waals surface area (Å²) in [6.07, 6.45) is 1.55. The number of piperazine rings is 1. The third kappa shape index (κ3) is 5.86. The summed E-state index contributed by atoms with van der Waals surface area (Å²) in [6.45, 7) is 7.50. The highest BCUT2D eigenvalue weighted by atomic mass is 19.1. The van der Waals surface area contributed by atoms with E-state index in [9.17, 15) is 19.1 Å². The maximum atomic E-state index is 14.1. The number of nitrogens with zero attached hydrogens (tertiary/aromatic N) is 4. The first-order valence-electron chi connectivity index (χ1n) is 13.0. The molecule has 1 saturated heterocycles. The molecule has 1 aromatic carbocycles. The van der Waals surface area contributed by atoms with Crippen LogP contribution < -0.4 is 10.5 Å². The summed E-state index contributed by atoms with van der Waals surface area (Å²) in [4.78, 5) is 40.1. The number of furan rings is 1. The number of H-pyrrole nitrogens is 1. The lowest BCUT2D eigenvalue weighted by Gasteiger charge is -2.36. The molecule has 1 fully saturated rings. The van der Waals surface area contributed by atoms with Gasteiger partial charge in [0.15, 0.2) is 0 Å². The number of amides is 1. The van der Waals surface area contributed by atoms with E-state index in [2.05, 4.69) is 14.8 Å². The number of fused-ring (bicyclic) bond motifs is 1. The van der Waals surface area contributed by atoms with E-state index in [1.807, 2.05) is 13.0 Å². The molecule has 0 aliphatic carbocycles. The van der Waals surface area contributed by atoms with Crippen LogP contribution in [0.25, 0.3) is 10.9 Å². The predicted octanol–water partition coefficient (Wildman–Crippen LogP) is 3.23. The molecule has 10 heteroatoms. The van der Waals surface area contributed by atoms with Crippen molar-refractivity contribution in [2.24, 2.45) is 0 Å². The summed E-state index contributed by atoms with van der Waals surface area (Å²) < 4.78 is 19.6. The van der Waals surface area contributed by atoms with Crippen molar-refractivity contribution in [3.05, 3.63) is 93.0 Å². The maximum absolute atomic E-state index is 14.1. The van der Waals surface area contributed by atoms with E-state index < -0.39 is 11.5 Å². The van der Waals surface area contributed by atoms with Gasteiger partial charge in [-0.05, 0) is 55.8 Å².